The molecule has 0 heterocycles. The average Bonchev–Trinajstić information content (AvgIpc) is 2.64. The summed E-state index contributed by atoms with van der Waals surface area (Å²) in [6, 6.07) is 11.0. The van der Waals surface area contributed by atoms with Crippen LogP contribution >= 0.6 is 23.4 Å². The molecule has 28 heavy (non-hydrogen) atoms. The minimum absolute atomic E-state index is 0.261. The van der Waals surface area contributed by atoms with Crippen LogP contribution in [-0.2, 0) is 14.8 Å². The van der Waals surface area contributed by atoms with E-state index in [1.165, 1.54) is 13.2 Å². The van der Waals surface area contributed by atoms with Crippen LogP contribution in [0.5, 0.6) is 5.75 Å². The highest BCUT2D eigenvalue weighted by atomic mass is 35.5. The molecule has 6 nitrogen and oxygen atoms in total. The van der Waals surface area contributed by atoms with E-state index >= 15 is 0 Å². The summed E-state index contributed by atoms with van der Waals surface area (Å²) in [6.45, 7) is 1.76. The topological polar surface area (TPSA) is 75.7 Å². The third-order valence-electron chi connectivity index (χ3n) is 4.06. The molecule has 0 saturated carbocycles. The van der Waals surface area contributed by atoms with Gasteiger partial charge >= 0.3 is 0 Å². The Hall–Kier alpha value is -1.90. The van der Waals surface area contributed by atoms with Crippen LogP contribution in [0.1, 0.15) is 13.3 Å². The minimum atomic E-state index is -3.75. The molecule has 9 heteroatoms. The molecule has 1 N–H and O–H groups in total. The molecule has 0 aliphatic carbocycles. The molecule has 0 bridgehead atoms. The van der Waals surface area contributed by atoms with Gasteiger partial charge in [0.25, 0.3) is 0 Å². The standard InChI is InChI=1S/C19H23ClN2O4S2/c1-5-17(19(23)21-13-7-6-8-15(11-13)27-3)22(28(4,24)25)14-9-10-18(26-2)16(20)12-14/h6-12,17H,5H2,1-4H3,(H,21,23). The predicted octanol–water partition coefficient (Wildman–Crippen LogP) is 4.25. The number of anilines is 2. The van der Waals surface area contributed by atoms with Gasteiger partial charge in [0.2, 0.25) is 15.9 Å². The van der Waals surface area contributed by atoms with Crippen molar-refractivity contribution in [2.75, 3.05) is 29.2 Å². The lowest BCUT2D eigenvalue weighted by molar-refractivity contribution is -0.117. The number of amides is 1. The highest BCUT2D eigenvalue weighted by Crippen LogP contribution is 2.32. The van der Waals surface area contributed by atoms with E-state index in [4.69, 9.17) is 16.3 Å². The number of benzene rings is 2. The van der Waals surface area contributed by atoms with Gasteiger partial charge in [-0.25, -0.2) is 8.42 Å². The Bertz CT molecular complexity index is 951. The van der Waals surface area contributed by atoms with E-state index in [9.17, 15) is 13.2 Å². The number of hydrogen-bond acceptors (Lipinski definition) is 5. The van der Waals surface area contributed by atoms with Gasteiger partial charge in [-0.3, -0.25) is 9.10 Å². The largest absolute Gasteiger partial charge is 0.495 e. The van der Waals surface area contributed by atoms with Crippen LogP contribution in [-0.4, -0.2) is 40.0 Å². The Morgan fingerprint density at radius 1 is 1.29 bits per heavy atom. The number of hydrogen-bond donors (Lipinski definition) is 1. The zero-order chi connectivity index (χ0) is 20.9. The maximum atomic E-state index is 12.9. The van der Waals surface area contributed by atoms with E-state index in [-0.39, 0.29) is 11.4 Å². The summed E-state index contributed by atoms with van der Waals surface area (Å²) < 4.78 is 31.3. The second-order valence-corrected chi connectivity index (χ2v) is 9.17. The summed E-state index contributed by atoms with van der Waals surface area (Å²) in [4.78, 5) is 13.9. The number of nitrogens with zero attached hydrogens (tertiary/aromatic N) is 1. The van der Waals surface area contributed by atoms with Gasteiger partial charge in [-0.1, -0.05) is 24.6 Å². The monoisotopic (exact) mass is 442 g/mol. The van der Waals surface area contributed by atoms with Crippen molar-refractivity contribution in [3.8, 4) is 5.75 Å². The number of methoxy groups -OCH3 is 1. The van der Waals surface area contributed by atoms with Gasteiger partial charge in [-0.05, 0) is 49.1 Å². The van der Waals surface area contributed by atoms with Crippen LogP contribution in [0.2, 0.25) is 5.02 Å². The van der Waals surface area contributed by atoms with Gasteiger partial charge in [0.05, 0.1) is 24.1 Å². The number of carbonyl (C=O) groups excluding carboxylic acids is 1. The number of carbonyl (C=O) groups is 1. The van der Waals surface area contributed by atoms with E-state index < -0.39 is 22.0 Å². The molecule has 0 aliphatic rings. The van der Waals surface area contributed by atoms with Gasteiger partial charge < -0.3 is 10.1 Å². The molecule has 1 amide bonds. The second-order valence-electron chi connectivity index (χ2n) is 6.02. The smallest absolute Gasteiger partial charge is 0.248 e. The number of halogens is 1. The summed E-state index contributed by atoms with van der Waals surface area (Å²) >= 11 is 7.72. The first-order valence-corrected chi connectivity index (χ1v) is 11.9. The van der Waals surface area contributed by atoms with Crippen molar-refractivity contribution in [3.05, 3.63) is 47.5 Å². The molecule has 0 saturated heterocycles. The van der Waals surface area contributed by atoms with Crippen molar-refractivity contribution in [1.82, 2.24) is 0 Å². The van der Waals surface area contributed by atoms with Crippen molar-refractivity contribution in [3.63, 3.8) is 0 Å². The number of thioether (sulfide) groups is 1. The SMILES string of the molecule is CCC(C(=O)Nc1cccc(SC)c1)N(c1ccc(OC)c(Cl)c1)S(C)(=O)=O. The molecule has 0 fully saturated rings. The molecule has 0 spiro atoms. The van der Waals surface area contributed by atoms with Crippen molar-refractivity contribution in [2.24, 2.45) is 0 Å². The van der Waals surface area contributed by atoms with Crippen LogP contribution < -0.4 is 14.4 Å². The minimum Gasteiger partial charge on any atom is -0.495 e. The average molecular weight is 443 g/mol. The Balaban J connectivity index is 2.40. The molecular formula is C19H23ClN2O4S2. The third kappa shape index (κ3) is 5.33. The molecule has 152 valence electrons. The number of nitrogens with one attached hydrogen (secondary N) is 1. The second kappa shape index (κ2) is 9.54. The van der Waals surface area contributed by atoms with Crippen LogP contribution in [0, 0.1) is 0 Å². The fourth-order valence-electron chi connectivity index (χ4n) is 2.78. The lowest BCUT2D eigenvalue weighted by atomic mass is 10.1. The van der Waals surface area contributed by atoms with E-state index in [1.807, 2.05) is 24.5 Å². The Kier molecular flexibility index (Phi) is 7.63. The zero-order valence-electron chi connectivity index (χ0n) is 16.1. The van der Waals surface area contributed by atoms with Crippen LogP contribution in [0.4, 0.5) is 11.4 Å². The Morgan fingerprint density at radius 2 is 2.00 bits per heavy atom. The molecule has 0 radical (unpaired) electrons. The first kappa shape index (κ1) is 22.4. The van der Waals surface area contributed by atoms with Crippen LogP contribution in [0.3, 0.4) is 0 Å². The number of ether oxygens (including phenoxy) is 1. The Labute approximate surface area is 175 Å². The van der Waals surface area contributed by atoms with E-state index in [2.05, 4.69) is 5.32 Å². The number of sulfonamides is 1. The first-order chi connectivity index (χ1) is 13.2. The summed E-state index contributed by atoms with van der Waals surface area (Å²) in [5, 5.41) is 3.07. The van der Waals surface area contributed by atoms with Crippen molar-refractivity contribution in [1.29, 1.82) is 0 Å². The van der Waals surface area contributed by atoms with Gasteiger partial charge in [-0.15, -0.1) is 11.8 Å². The van der Waals surface area contributed by atoms with Crippen molar-refractivity contribution < 1.29 is 17.9 Å². The highest BCUT2D eigenvalue weighted by molar-refractivity contribution is 7.98. The molecule has 1 unspecified atom stereocenters. The number of rotatable bonds is 8. The van der Waals surface area contributed by atoms with E-state index in [0.717, 1.165) is 15.5 Å². The van der Waals surface area contributed by atoms with Crippen LogP contribution in [0.15, 0.2) is 47.4 Å². The summed E-state index contributed by atoms with van der Waals surface area (Å²) in [7, 11) is -2.27. The van der Waals surface area contributed by atoms with Crippen LogP contribution in [0.25, 0.3) is 0 Å². The van der Waals surface area contributed by atoms with Crippen molar-refractivity contribution in [2.45, 2.75) is 24.3 Å². The fraction of sp³-hybridized carbons (Fsp3) is 0.316. The summed E-state index contributed by atoms with van der Waals surface area (Å²) in [6.07, 6.45) is 3.29. The molecule has 2 aromatic rings. The molecule has 2 rings (SSSR count). The van der Waals surface area contributed by atoms with Gasteiger partial charge in [-0.2, -0.15) is 0 Å². The third-order valence-corrected chi connectivity index (χ3v) is 6.26. The van der Waals surface area contributed by atoms with Gasteiger partial charge in [0, 0.05) is 10.6 Å². The highest BCUT2D eigenvalue weighted by Gasteiger charge is 2.32. The lowest BCUT2D eigenvalue weighted by Gasteiger charge is -2.30. The van der Waals surface area contributed by atoms with Crippen molar-refractivity contribution >= 4 is 50.7 Å². The summed E-state index contributed by atoms with van der Waals surface area (Å²) in [5.41, 5.74) is 0.907. The zero-order valence-corrected chi connectivity index (χ0v) is 18.5. The molecule has 2 aromatic carbocycles. The van der Waals surface area contributed by atoms with E-state index in [0.29, 0.717) is 17.1 Å². The quantitative estimate of drug-likeness (QED) is 0.618. The molecule has 1 atom stereocenters. The summed E-state index contributed by atoms with van der Waals surface area (Å²) in [5.74, 6) is 0.00312. The molecule has 0 aliphatic heterocycles. The maximum Gasteiger partial charge on any atom is 0.248 e. The normalized spacial score (nSPS) is 12.3. The van der Waals surface area contributed by atoms with Gasteiger partial charge in [0.1, 0.15) is 11.8 Å². The predicted molar refractivity (Wildman–Crippen MR) is 116 cm³/mol. The maximum absolute atomic E-state index is 12.9. The lowest BCUT2D eigenvalue weighted by Crippen LogP contribution is -2.47. The molecule has 0 aromatic heterocycles. The fourth-order valence-corrected chi connectivity index (χ4v) is 4.69. The first-order valence-electron chi connectivity index (χ1n) is 8.49. The van der Waals surface area contributed by atoms with E-state index in [1.54, 1.807) is 36.9 Å². The molecular weight excluding hydrogens is 420 g/mol. The van der Waals surface area contributed by atoms with Gasteiger partial charge in [0.15, 0.2) is 0 Å². The Morgan fingerprint density at radius 3 is 2.54 bits per heavy atom.